The third-order valence-electron chi connectivity index (χ3n) is 2.95. The van der Waals surface area contributed by atoms with Crippen molar-refractivity contribution in [2.45, 2.75) is 26.8 Å². The van der Waals surface area contributed by atoms with E-state index in [4.69, 9.17) is 5.73 Å². The number of carbonyl (C=O) groups is 1. The van der Waals surface area contributed by atoms with Gasteiger partial charge in [0.05, 0.1) is 11.7 Å². The molecule has 108 valence electrons. The van der Waals surface area contributed by atoms with E-state index >= 15 is 0 Å². The fourth-order valence-corrected chi connectivity index (χ4v) is 2.31. The van der Waals surface area contributed by atoms with E-state index in [2.05, 4.69) is 36.3 Å². The van der Waals surface area contributed by atoms with Gasteiger partial charge in [-0.1, -0.05) is 12.1 Å². The number of halogens is 1. The molecule has 1 aromatic heterocycles. The molecule has 0 saturated heterocycles. The van der Waals surface area contributed by atoms with Crippen LogP contribution in [0.2, 0.25) is 0 Å². The van der Waals surface area contributed by atoms with E-state index in [1.54, 1.807) is 6.92 Å². The summed E-state index contributed by atoms with van der Waals surface area (Å²) in [6.07, 6.45) is 0. The number of nitrogens with two attached hydrogens (primary N) is 1. The van der Waals surface area contributed by atoms with Gasteiger partial charge in [-0.05, 0) is 38.0 Å². The molecule has 3 N–H and O–H groups in total. The predicted octanol–water partition coefficient (Wildman–Crippen LogP) is 3.13. The van der Waals surface area contributed by atoms with Crippen LogP contribution in [0.5, 0.6) is 0 Å². The van der Waals surface area contributed by atoms with Crippen molar-refractivity contribution in [1.29, 1.82) is 0 Å². The van der Waals surface area contributed by atoms with Crippen LogP contribution in [0.1, 0.15) is 18.1 Å². The Hall–Kier alpha value is -1.43. The largest absolute Gasteiger partial charge is 0.320 e. The first-order chi connectivity index (χ1) is 8.97. The number of carbonyl (C=O) groups excluding carboxylic acids is 1. The van der Waals surface area contributed by atoms with E-state index in [9.17, 15) is 4.79 Å². The fraction of sp³-hybridized carbons (Fsp3) is 0.286. The Labute approximate surface area is 128 Å². The van der Waals surface area contributed by atoms with E-state index < -0.39 is 6.04 Å². The van der Waals surface area contributed by atoms with Gasteiger partial charge in [0.1, 0.15) is 0 Å². The van der Waals surface area contributed by atoms with E-state index in [0.717, 1.165) is 11.3 Å². The number of nitrogens with zero attached hydrogens (tertiary/aromatic N) is 1. The lowest BCUT2D eigenvalue weighted by Crippen LogP contribution is -2.32. The number of rotatable bonds is 3. The molecule has 0 bridgehead atoms. The highest BCUT2D eigenvalue weighted by molar-refractivity contribution is 7.14. The van der Waals surface area contributed by atoms with Gasteiger partial charge in [-0.15, -0.1) is 23.7 Å². The van der Waals surface area contributed by atoms with Crippen LogP contribution in [0.25, 0.3) is 11.3 Å². The third-order valence-corrected chi connectivity index (χ3v) is 3.71. The molecule has 6 heteroatoms. The number of anilines is 1. The first kappa shape index (κ1) is 16.6. The lowest BCUT2D eigenvalue weighted by molar-refractivity contribution is -0.117. The second-order valence-electron chi connectivity index (χ2n) is 4.61. The van der Waals surface area contributed by atoms with E-state index in [0.29, 0.717) is 5.13 Å². The minimum Gasteiger partial charge on any atom is -0.320 e. The van der Waals surface area contributed by atoms with E-state index in [1.165, 1.54) is 22.5 Å². The Morgan fingerprint density at radius 2 is 2.05 bits per heavy atom. The summed E-state index contributed by atoms with van der Waals surface area (Å²) in [6.45, 7) is 5.80. The molecule has 1 heterocycles. The number of hydrogen-bond donors (Lipinski definition) is 2. The van der Waals surface area contributed by atoms with Crippen LogP contribution in [0.3, 0.4) is 0 Å². The first-order valence-corrected chi connectivity index (χ1v) is 6.95. The Balaban J connectivity index is 0.00000200. The minimum atomic E-state index is -0.533. The quantitative estimate of drug-likeness (QED) is 0.915. The van der Waals surface area contributed by atoms with Crippen LogP contribution in [0, 0.1) is 13.8 Å². The number of amides is 1. The summed E-state index contributed by atoms with van der Waals surface area (Å²) in [5, 5.41) is 5.21. The average molecular weight is 312 g/mol. The van der Waals surface area contributed by atoms with Crippen LogP contribution in [0.4, 0.5) is 5.13 Å². The molecule has 0 aliphatic rings. The molecule has 0 unspecified atom stereocenters. The van der Waals surface area contributed by atoms with Gasteiger partial charge in [0, 0.05) is 10.9 Å². The summed E-state index contributed by atoms with van der Waals surface area (Å²) in [5.41, 5.74) is 9.91. The van der Waals surface area contributed by atoms with Gasteiger partial charge < -0.3 is 11.1 Å². The van der Waals surface area contributed by atoms with Crippen LogP contribution < -0.4 is 11.1 Å². The standard InChI is InChI=1S/C14H17N3OS.ClH/c1-8-4-5-11(6-9(8)2)12-7-19-14(16-12)17-13(18)10(3)15;/h4-7,10H,15H2,1-3H3,(H,16,17,18);1H/t10-;/m1./s1. The van der Waals surface area contributed by atoms with Crippen molar-refractivity contribution < 1.29 is 4.79 Å². The normalized spacial score (nSPS) is 11.6. The van der Waals surface area contributed by atoms with E-state index in [-0.39, 0.29) is 18.3 Å². The summed E-state index contributed by atoms with van der Waals surface area (Å²) < 4.78 is 0. The Morgan fingerprint density at radius 1 is 1.35 bits per heavy atom. The molecule has 2 aromatic rings. The number of thiazole rings is 1. The number of hydrogen-bond acceptors (Lipinski definition) is 4. The number of aromatic nitrogens is 1. The van der Waals surface area contributed by atoms with Gasteiger partial charge in [0.15, 0.2) is 5.13 Å². The lowest BCUT2D eigenvalue weighted by Gasteiger charge is -2.04. The lowest BCUT2D eigenvalue weighted by atomic mass is 10.1. The molecule has 0 spiro atoms. The van der Waals surface area contributed by atoms with Gasteiger partial charge >= 0.3 is 0 Å². The van der Waals surface area contributed by atoms with Crippen LogP contribution >= 0.6 is 23.7 Å². The second kappa shape index (κ2) is 6.83. The highest BCUT2D eigenvalue weighted by atomic mass is 35.5. The molecule has 0 radical (unpaired) electrons. The maximum Gasteiger partial charge on any atom is 0.242 e. The second-order valence-corrected chi connectivity index (χ2v) is 5.47. The maximum absolute atomic E-state index is 11.5. The predicted molar refractivity (Wildman–Crippen MR) is 86.6 cm³/mol. The number of benzene rings is 1. The number of nitrogens with one attached hydrogen (secondary N) is 1. The molecule has 0 saturated carbocycles. The van der Waals surface area contributed by atoms with Crippen LogP contribution in [0.15, 0.2) is 23.6 Å². The highest BCUT2D eigenvalue weighted by Gasteiger charge is 2.11. The van der Waals surface area contributed by atoms with Crippen molar-refractivity contribution in [2.75, 3.05) is 5.32 Å². The molecular weight excluding hydrogens is 294 g/mol. The van der Waals surface area contributed by atoms with Gasteiger partial charge in [-0.3, -0.25) is 4.79 Å². The van der Waals surface area contributed by atoms with Crippen molar-refractivity contribution in [2.24, 2.45) is 5.73 Å². The minimum absolute atomic E-state index is 0. The zero-order valence-corrected chi connectivity index (χ0v) is 13.3. The summed E-state index contributed by atoms with van der Waals surface area (Å²) in [5.74, 6) is -0.221. The van der Waals surface area contributed by atoms with Gasteiger partial charge in [-0.2, -0.15) is 0 Å². The molecular formula is C14H18ClN3OS. The summed E-state index contributed by atoms with van der Waals surface area (Å²) in [4.78, 5) is 15.9. The molecule has 1 aromatic carbocycles. The van der Waals surface area contributed by atoms with E-state index in [1.807, 2.05) is 11.4 Å². The Kier molecular flexibility index (Phi) is 5.68. The average Bonchev–Trinajstić information content (AvgIpc) is 2.81. The molecule has 0 aliphatic heterocycles. The van der Waals surface area contributed by atoms with Gasteiger partial charge in [-0.25, -0.2) is 4.98 Å². The third kappa shape index (κ3) is 3.79. The summed E-state index contributed by atoms with van der Waals surface area (Å²) in [7, 11) is 0. The molecule has 0 aliphatic carbocycles. The van der Waals surface area contributed by atoms with Crippen LogP contribution in [-0.2, 0) is 4.79 Å². The molecule has 2 rings (SSSR count). The fourth-order valence-electron chi connectivity index (χ4n) is 1.58. The molecule has 0 fully saturated rings. The van der Waals surface area contributed by atoms with Crippen molar-refractivity contribution in [3.8, 4) is 11.3 Å². The smallest absolute Gasteiger partial charge is 0.242 e. The van der Waals surface area contributed by atoms with Crippen LogP contribution in [-0.4, -0.2) is 16.9 Å². The van der Waals surface area contributed by atoms with Crippen molar-refractivity contribution >= 4 is 34.8 Å². The summed E-state index contributed by atoms with van der Waals surface area (Å²) in [6, 6.07) is 5.68. The summed E-state index contributed by atoms with van der Waals surface area (Å²) >= 11 is 1.40. The maximum atomic E-state index is 11.5. The monoisotopic (exact) mass is 311 g/mol. The van der Waals surface area contributed by atoms with Crippen molar-refractivity contribution in [1.82, 2.24) is 4.98 Å². The Bertz CT molecular complexity index is 610. The first-order valence-electron chi connectivity index (χ1n) is 6.07. The molecule has 20 heavy (non-hydrogen) atoms. The van der Waals surface area contributed by atoms with Crippen molar-refractivity contribution in [3.63, 3.8) is 0 Å². The zero-order valence-electron chi connectivity index (χ0n) is 11.6. The topological polar surface area (TPSA) is 68.0 Å². The zero-order chi connectivity index (χ0) is 14.0. The van der Waals surface area contributed by atoms with Gasteiger partial charge in [0.25, 0.3) is 0 Å². The highest BCUT2D eigenvalue weighted by Crippen LogP contribution is 2.26. The molecule has 1 amide bonds. The molecule has 4 nitrogen and oxygen atoms in total. The molecule has 1 atom stereocenters. The van der Waals surface area contributed by atoms with Gasteiger partial charge in [0.2, 0.25) is 5.91 Å². The van der Waals surface area contributed by atoms with Crippen molar-refractivity contribution in [3.05, 3.63) is 34.7 Å². The Morgan fingerprint density at radius 3 is 2.65 bits per heavy atom. The SMILES string of the molecule is Cc1ccc(-c2csc(NC(=O)[C@@H](C)N)n2)cc1C.Cl. The number of aryl methyl sites for hydroxylation is 2.